The molecule has 0 heterocycles. The topological polar surface area (TPSA) is 34.1 Å². The molecular weight excluding hydrogens is 248 g/mol. The second-order valence-electron chi connectivity index (χ2n) is 1.82. The van der Waals surface area contributed by atoms with Gasteiger partial charge in [-0.1, -0.05) is 0 Å². The molecule has 0 unspecified atom stereocenters. The summed E-state index contributed by atoms with van der Waals surface area (Å²) in [6.45, 7) is 6.11. The van der Waals surface area contributed by atoms with Crippen LogP contribution in [0.2, 0.25) is 0 Å². The van der Waals surface area contributed by atoms with Gasteiger partial charge in [-0.15, -0.1) is 0 Å². The van der Waals surface area contributed by atoms with E-state index in [1.54, 1.807) is 0 Å². The van der Waals surface area contributed by atoms with Crippen LogP contribution < -0.4 is 0 Å². The Morgan fingerprint density at radius 1 is 0.778 bits per heavy atom. The Morgan fingerprint density at radius 3 is 0.778 bits per heavy atom. The van der Waals surface area contributed by atoms with Crippen LogP contribution in [0.25, 0.3) is 0 Å². The van der Waals surface area contributed by atoms with Gasteiger partial charge in [0.05, 0.1) is 0 Å². The predicted octanol–water partition coefficient (Wildman–Crippen LogP) is 1.19. The zero-order chi connectivity index (χ0) is 7.15. The van der Waals surface area contributed by atoms with E-state index in [2.05, 4.69) is 0 Å². The zero-order valence-electron chi connectivity index (χ0n) is 6.32. The van der Waals surface area contributed by atoms with E-state index in [0.717, 1.165) is 0 Å². The molecule has 0 atom stereocenters. The van der Waals surface area contributed by atoms with Gasteiger partial charge in [-0.2, -0.15) is 0 Å². The fraction of sp³-hybridized carbons (Fsp3) is 0.667. The van der Waals surface area contributed by atoms with Crippen molar-refractivity contribution in [2.24, 2.45) is 0 Å². The molecule has 0 aliphatic heterocycles. The molecule has 0 radical (unpaired) electrons. The van der Waals surface area contributed by atoms with Crippen molar-refractivity contribution in [1.29, 1.82) is 0 Å². The summed E-state index contributed by atoms with van der Waals surface area (Å²) in [6.07, 6.45) is 0. The first-order valence-corrected chi connectivity index (χ1v) is 2.41. The van der Waals surface area contributed by atoms with Crippen LogP contribution in [-0.2, 0) is 9.59 Å². The molecule has 0 amide bonds. The number of carbonyl (C=O) groups is 2. The number of carbonyl (C=O) groups excluding carboxylic acids is 2. The summed E-state index contributed by atoms with van der Waals surface area (Å²) >= 11 is 0. The van der Waals surface area contributed by atoms with Crippen LogP contribution >= 0.6 is 0 Å². The smallest absolute Gasteiger partial charge is 0.126 e. The third kappa shape index (κ3) is 816. The molecule has 0 aromatic heterocycles. The van der Waals surface area contributed by atoms with Crippen LogP contribution in [0.4, 0.5) is 0 Å². The van der Waals surface area contributed by atoms with Crippen molar-refractivity contribution in [2.75, 3.05) is 0 Å². The summed E-state index contributed by atoms with van der Waals surface area (Å²) < 4.78 is 0. The molecule has 0 fully saturated rings. The van der Waals surface area contributed by atoms with Crippen LogP contribution in [0.5, 0.6) is 0 Å². The molecule has 0 N–H and O–H groups in total. The minimum absolute atomic E-state index is 0. The average molecular weight is 260 g/mol. The van der Waals surface area contributed by atoms with Crippen molar-refractivity contribution in [1.82, 2.24) is 0 Å². The second kappa shape index (κ2) is 11.5. The summed E-state index contributed by atoms with van der Waals surface area (Å²) in [7, 11) is 0. The van der Waals surface area contributed by atoms with Crippen LogP contribution in [0.3, 0.4) is 0 Å². The monoisotopic (exact) mass is 258 g/mol. The molecule has 0 aliphatic rings. The average Bonchev–Trinajstić information content (AvgIpc) is 1.25. The van der Waals surface area contributed by atoms with Crippen LogP contribution in [0, 0.1) is 40.8 Å². The van der Waals surface area contributed by atoms with Crippen LogP contribution in [0.15, 0.2) is 0 Å². The minimum atomic E-state index is 0. The Morgan fingerprint density at radius 2 is 0.778 bits per heavy atom. The number of hydrogen-bond acceptors (Lipinski definition) is 2. The van der Waals surface area contributed by atoms with Crippen molar-refractivity contribution in [3.63, 3.8) is 0 Å². The van der Waals surface area contributed by atoms with Crippen molar-refractivity contribution in [2.45, 2.75) is 27.7 Å². The predicted molar refractivity (Wildman–Crippen MR) is 32.7 cm³/mol. The first kappa shape index (κ1) is 16.4. The molecule has 9 heavy (non-hydrogen) atoms. The quantitative estimate of drug-likeness (QED) is 0.656. The van der Waals surface area contributed by atoms with Gasteiger partial charge in [-0.3, -0.25) is 0 Å². The van der Waals surface area contributed by atoms with E-state index in [0.29, 0.717) is 0 Å². The Kier molecular flexibility index (Phi) is 20.9. The standard InChI is InChI=1S/2C3H6O.Nd/c2*1-3(2)4;/h2*1-2H3;. The molecule has 0 aromatic carbocycles. The van der Waals surface area contributed by atoms with E-state index < -0.39 is 0 Å². The van der Waals surface area contributed by atoms with Gasteiger partial charge >= 0.3 is 0 Å². The molecule has 2 nitrogen and oxygen atoms in total. The molecule has 0 rings (SSSR count). The van der Waals surface area contributed by atoms with Crippen molar-refractivity contribution in [3.8, 4) is 0 Å². The maximum absolute atomic E-state index is 9.44. The second-order valence-corrected chi connectivity index (χ2v) is 1.82. The molecule has 0 bridgehead atoms. The summed E-state index contributed by atoms with van der Waals surface area (Å²) in [4.78, 5) is 18.9. The molecule has 0 aromatic rings. The van der Waals surface area contributed by atoms with E-state index in [9.17, 15) is 9.59 Å². The third-order valence-electron chi connectivity index (χ3n) is 0. The first-order chi connectivity index (χ1) is 3.46. The summed E-state index contributed by atoms with van der Waals surface area (Å²) in [5.74, 6) is 0.333. The van der Waals surface area contributed by atoms with Gasteiger partial charge in [-0.25, -0.2) is 0 Å². The van der Waals surface area contributed by atoms with E-state index >= 15 is 0 Å². The van der Waals surface area contributed by atoms with Gasteiger partial charge < -0.3 is 9.59 Å². The molecule has 3 heteroatoms. The largest absolute Gasteiger partial charge is 0.300 e. The van der Waals surface area contributed by atoms with Gasteiger partial charge in [0.1, 0.15) is 11.6 Å². The Labute approximate surface area is 88.9 Å². The van der Waals surface area contributed by atoms with Gasteiger partial charge in [0.2, 0.25) is 0 Å². The van der Waals surface area contributed by atoms with E-state index in [4.69, 9.17) is 0 Å². The maximum Gasteiger partial charge on any atom is 0.126 e. The van der Waals surface area contributed by atoms with Crippen LogP contribution in [-0.4, -0.2) is 11.6 Å². The van der Waals surface area contributed by atoms with Gasteiger partial charge in [0.25, 0.3) is 0 Å². The molecule has 0 aliphatic carbocycles. The van der Waals surface area contributed by atoms with Gasteiger partial charge in [0, 0.05) is 40.8 Å². The van der Waals surface area contributed by atoms with Gasteiger partial charge in [0.15, 0.2) is 0 Å². The number of Topliss-reactive ketones (excluding diaryl/α,β-unsaturated/α-hetero) is 2. The summed E-state index contributed by atoms with van der Waals surface area (Å²) in [6, 6.07) is 0. The molecule has 52 valence electrons. The van der Waals surface area contributed by atoms with Crippen LogP contribution in [0.1, 0.15) is 27.7 Å². The van der Waals surface area contributed by atoms with E-state index in [1.807, 2.05) is 0 Å². The molecule has 0 saturated heterocycles. The zero-order valence-corrected chi connectivity index (χ0v) is 9.52. The number of rotatable bonds is 0. The SMILES string of the molecule is CC(C)=O.CC(C)=O.[Nd]. The van der Waals surface area contributed by atoms with Crippen molar-refractivity contribution in [3.05, 3.63) is 0 Å². The fourth-order valence-corrected chi connectivity index (χ4v) is 0. The molecule has 0 spiro atoms. The Hall–Kier alpha value is 0.691. The molecular formula is C6H12NdO2. The fourth-order valence-electron chi connectivity index (χ4n) is 0. The third-order valence-corrected chi connectivity index (χ3v) is 0. The van der Waals surface area contributed by atoms with Crippen molar-refractivity contribution >= 4 is 11.6 Å². The summed E-state index contributed by atoms with van der Waals surface area (Å²) in [5.41, 5.74) is 0. The number of hydrogen-bond donors (Lipinski definition) is 0. The Bertz CT molecular complexity index is 69.1. The van der Waals surface area contributed by atoms with E-state index in [1.165, 1.54) is 27.7 Å². The molecule has 0 saturated carbocycles. The summed E-state index contributed by atoms with van der Waals surface area (Å²) in [5, 5.41) is 0. The normalized spacial score (nSPS) is 5.78. The van der Waals surface area contributed by atoms with E-state index in [-0.39, 0.29) is 52.4 Å². The minimum Gasteiger partial charge on any atom is -0.300 e. The van der Waals surface area contributed by atoms with Gasteiger partial charge in [-0.05, 0) is 27.7 Å². The maximum atomic E-state index is 9.44. The Balaban J connectivity index is -0.0000000720. The number of ketones is 2. The van der Waals surface area contributed by atoms with Crippen molar-refractivity contribution < 1.29 is 50.4 Å². The first-order valence-electron chi connectivity index (χ1n) is 2.41.